The fourth-order valence-corrected chi connectivity index (χ4v) is 4.26. The summed E-state index contributed by atoms with van der Waals surface area (Å²) in [4.78, 5) is 25.6. The highest BCUT2D eigenvalue weighted by Gasteiger charge is 2.47. The second kappa shape index (κ2) is 7.10. The van der Waals surface area contributed by atoms with E-state index in [4.69, 9.17) is 0 Å². The lowest BCUT2D eigenvalue weighted by Crippen LogP contribution is -2.54. The zero-order valence-electron chi connectivity index (χ0n) is 12.5. The predicted octanol–water partition coefficient (Wildman–Crippen LogP) is 2.54. The Morgan fingerprint density at radius 1 is 1.27 bits per heavy atom. The van der Waals surface area contributed by atoms with E-state index < -0.39 is 30.1 Å². The zero-order chi connectivity index (χ0) is 16.3. The van der Waals surface area contributed by atoms with E-state index in [0.29, 0.717) is 37.3 Å². The summed E-state index contributed by atoms with van der Waals surface area (Å²) in [5, 5.41) is 2.56. The van der Waals surface area contributed by atoms with E-state index in [1.165, 1.54) is 16.7 Å². The molecule has 2 aliphatic rings. The van der Waals surface area contributed by atoms with Gasteiger partial charge in [-0.15, -0.1) is 11.8 Å². The van der Waals surface area contributed by atoms with Crippen molar-refractivity contribution >= 4 is 23.6 Å². The van der Waals surface area contributed by atoms with Gasteiger partial charge in [-0.25, -0.2) is 0 Å². The van der Waals surface area contributed by atoms with Gasteiger partial charge in [-0.2, -0.15) is 13.2 Å². The predicted molar refractivity (Wildman–Crippen MR) is 78.2 cm³/mol. The number of carbonyl (C=O) groups excluding carboxylic acids is 2. The van der Waals surface area contributed by atoms with Gasteiger partial charge in [0.05, 0.1) is 11.8 Å². The molecule has 1 N–H and O–H groups in total. The van der Waals surface area contributed by atoms with Crippen LogP contribution in [-0.2, 0) is 9.59 Å². The Hall–Kier alpha value is -0.920. The monoisotopic (exact) mass is 338 g/mol. The molecule has 1 aliphatic carbocycles. The summed E-state index contributed by atoms with van der Waals surface area (Å²) in [5.74, 6) is -1.19. The molecular formula is C14H21F3N2O2S. The number of halogens is 3. The molecular weight excluding hydrogens is 317 g/mol. The molecule has 0 aromatic carbocycles. The lowest BCUT2D eigenvalue weighted by Gasteiger charge is -2.34. The molecule has 0 bridgehead atoms. The second-order valence-electron chi connectivity index (χ2n) is 5.78. The fourth-order valence-electron chi connectivity index (χ4n) is 3.08. The first-order valence-corrected chi connectivity index (χ1v) is 8.74. The van der Waals surface area contributed by atoms with Gasteiger partial charge in [0, 0.05) is 18.2 Å². The quantitative estimate of drug-likeness (QED) is 0.860. The Balaban J connectivity index is 2.02. The van der Waals surface area contributed by atoms with E-state index in [2.05, 4.69) is 5.32 Å². The largest absolute Gasteiger partial charge is 0.393 e. The fraction of sp³-hybridized carbons (Fsp3) is 0.857. The number of carbonyl (C=O) groups is 2. The molecule has 1 heterocycles. The Kier molecular flexibility index (Phi) is 5.63. The number of amides is 2. The number of alkyl halides is 3. The molecule has 0 unspecified atom stereocenters. The topological polar surface area (TPSA) is 49.4 Å². The number of nitrogens with zero attached hydrogens (tertiary/aromatic N) is 1. The highest BCUT2D eigenvalue weighted by Crippen LogP contribution is 2.38. The van der Waals surface area contributed by atoms with Crippen LogP contribution in [0.2, 0.25) is 0 Å². The van der Waals surface area contributed by atoms with Crippen molar-refractivity contribution in [1.82, 2.24) is 10.2 Å². The van der Waals surface area contributed by atoms with Crippen LogP contribution >= 0.6 is 11.8 Å². The maximum absolute atomic E-state index is 13.1. The molecule has 8 heteroatoms. The minimum atomic E-state index is -4.29. The van der Waals surface area contributed by atoms with Crippen molar-refractivity contribution in [3.05, 3.63) is 0 Å². The number of nitrogens with one attached hydrogen (secondary N) is 1. The minimum Gasteiger partial charge on any atom is -0.351 e. The van der Waals surface area contributed by atoms with Crippen LogP contribution in [0.4, 0.5) is 13.2 Å². The molecule has 126 valence electrons. The van der Waals surface area contributed by atoms with Crippen molar-refractivity contribution in [3.8, 4) is 0 Å². The number of hydrogen-bond donors (Lipinski definition) is 1. The number of hydrogen-bond acceptors (Lipinski definition) is 3. The van der Waals surface area contributed by atoms with Gasteiger partial charge in [0.25, 0.3) is 0 Å². The average molecular weight is 338 g/mol. The van der Waals surface area contributed by atoms with Crippen molar-refractivity contribution in [1.29, 1.82) is 0 Å². The van der Waals surface area contributed by atoms with Crippen LogP contribution in [0.3, 0.4) is 0 Å². The van der Waals surface area contributed by atoms with E-state index >= 15 is 0 Å². The average Bonchev–Trinajstić information content (AvgIpc) is 2.95. The highest BCUT2D eigenvalue weighted by molar-refractivity contribution is 7.99. The molecule has 22 heavy (non-hydrogen) atoms. The Bertz CT molecular complexity index is 431. The highest BCUT2D eigenvalue weighted by atomic mass is 32.2. The SMILES string of the molecule is CCC(=O)N1CSC[C@@H]1C(=O)N[C@@H]1CCCC[C@@H]1C(F)(F)F. The van der Waals surface area contributed by atoms with Gasteiger partial charge in [0.2, 0.25) is 11.8 Å². The summed E-state index contributed by atoms with van der Waals surface area (Å²) in [6, 6.07) is -1.52. The molecule has 3 atom stereocenters. The van der Waals surface area contributed by atoms with Gasteiger partial charge in [0.1, 0.15) is 6.04 Å². The first-order valence-electron chi connectivity index (χ1n) is 7.59. The molecule has 0 radical (unpaired) electrons. The minimum absolute atomic E-state index is 0.0610. The van der Waals surface area contributed by atoms with Crippen LogP contribution in [0.1, 0.15) is 39.0 Å². The van der Waals surface area contributed by atoms with Crippen LogP contribution in [0.5, 0.6) is 0 Å². The molecule has 2 rings (SSSR count). The van der Waals surface area contributed by atoms with Gasteiger partial charge in [0.15, 0.2) is 0 Å². The molecule has 4 nitrogen and oxygen atoms in total. The zero-order valence-corrected chi connectivity index (χ0v) is 13.3. The Morgan fingerprint density at radius 3 is 2.59 bits per heavy atom. The van der Waals surface area contributed by atoms with Crippen LogP contribution in [-0.4, -0.2) is 46.6 Å². The van der Waals surface area contributed by atoms with Crippen molar-refractivity contribution < 1.29 is 22.8 Å². The van der Waals surface area contributed by atoms with E-state index in [-0.39, 0.29) is 12.3 Å². The van der Waals surface area contributed by atoms with Gasteiger partial charge >= 0.3 is 6.18 Å². The first kappa shape index (κ1) is 17.4. The lowest BCUT2D eigenvalue weighted by molar-refractivity contribution is -0.189. The smallest absolute Gasteiger partial charge is 0.351 e. The molecule has 2 amide bonds. The first-order chi connectivity index (χ1) is 10.3. The lowest BCUT2D eigenvalue weighted by atomic mass is 9.84. The van der Waals surface area contributed by atoms with Gasteiger partial charge < -0.3 is 10.2 Å². The van der Waals surface area contributed by atoms with E-state index in [1.54, 1.807) is 6.92 Å². The van der Waals surface area contributed by atoms with Crippen molar-refractivity contribution in [2.24, 2.45) is 5.92 Å². The molecule has 1 saturated carbocycles. The maximum Gasteiger partial charge on any atom is 0.393 e. The van der Waals surface area contributed by atoms with Gasteiger partial charge in [-0.1, -0.05) is 19.8 Å². The number of rotatable bonds is 3. The van der Waals surface area contributed by atoms with Gasteiger partial charge in [-0.05, 0) is 12.8 Å². The van der Waals surface area contributed by atoms with E-state index in [1.807, 2.05) is 0 Å². The summed E-state index contributed by atoms with van der Waals surface area (Å²) >= 11 is 1.45. The van der Waals surface area contributed by atoms with Crippen LogP contribution < -0.4 is 5.32 Å². The molecule has 0 aromatic rings. The maximum atomic E-state index is 13.1. The standard InChI is InChI=1S/C14H21F3N2O2S/c1-2-12(20)19-8-22-7-11(19)13(21)18-10-6-4-3-5-9(10)14(15,16)17/h9-11H,2-8H2,1H3,(H,18,21)/t9-,10+,11+/m0/s1. The molecule has 0 spiro atoms. The molecule has 1 saturated heterocycles. The van der Waals surface area contributed by atoms with Crippen LogP contribution in [0, 0.1) is 5.92 Å². The third-order valence-electron chi connectivity index (χ3n) is 4.32. The molecule has 1 aliphatic heterocycles. The summed E-state index contributed by atoms with van der Waals surface area (Å²) in [6.07, 6.45) is -2.37. The summed E-state index contributed by atoms with van der Waals surface area (Å²) in [5.41, 5.74) is 0. The summed E-state index contributed by atoms with van der Waals surface area (Å²) < 4.78 is 39.2. The van der Waals surface area contributed by atoms with Crippen LogP contribution in [0.25, 0.3) is 0 Å². The summed E-state index contributed by atoms with van der Waals surface area (Å²) in [7, 11) is 0. The third-order valence-corrected chi connectivity index (χ3v) is 5.33. The van der Waals surface area contributed by atoms with E-state index in [0.717, 1.165) is 0 Å². The van der Waals surface area contributed by atoms with E-state index in [9.17, 15) is 22.8 Å². The molecule has 2 fully saturated rings. The van der Waals surface area contributed by atoms with Crippen LogP contribution in [0.15, 0.2) is 0 Å². The second-order valence-corrected chi connectivity index (χ2v) is 6.78. The Morgan fingerprint density at radius 2 is 1.95 bits per heavy atom. The van der Waals surface area contributed by atoms with Crippen molar-refractivity contribution in [2.45, 2.75) is 57.3 Å². The normalized spacial score (nSPS) is 29.5. The summed E-state index contributed by atoms with van der Waals surface area (Å²) in [6.45, 7) is 1.71. The molecule has 0 aromatic heterocycles. The van der Waals surface area contributed by atoms with Gasteiger partial charge in [-0.3, -0.25) is 9.59 Å². The third kappa shape index (κ3) is 3.88. The Labute approximate surface area is 132 Å². The van der Waals surface area contributed by atoms with Crippen molar-refractivity contribution in [2.75, 3.05) is 11.6 Å². The van der Waals surface area contributed by atoms with Crippen molar-refractivity contribution in [3.63, 3.8) is 0 Å². The number of thioether (sulfide) groups is 1.